The van der Waals surface area contributed by atoms with E-state index in [-0.39, 0.29) is 0 Å². The molecule has 0 saturated heterocycles. The molecular weight excluding hydrogens is 170 g/mol. The molecule has 0 amide bonds. The zero-order chi connectivity index (χ0) is 9.38. The standard InChI is InChI=1S/C13H13N/c1-2-5-11-10(4-1)7-8-13-12(11)6-3-9-14-13/h5-9H,1-4H2. The van der Waals surface area contributed by atoms with Crippen LogP contribution in [-0.2, 0) is 6.42 Å². The summed E-state index contributed by atoms with van der Waals surface area (Å²) in [5, 5.41) is 2.82. The number of fused-ring (bicyclic) bond motifs is 3. The summed E-state index contributed by atoms with van der Waals surface area (Å²) in [6, 6.07) is 4.39. The summed E-state index contributed by atoms with van der Waals surface area (Å²) in [6.07, 6.45) is 11.4. The van der Waals surface area contributed by atoms with Crippen molar-refractivity contribution in [2.24, 2.45) is 4.99 Å². The van der Waals surface area contributed by atoms with E-state index < -0.39 is 0 Å². The first kappa shape index (κ1) is 7.98. The minimum atomic E-state index is 0.983. The van der Waals surface area contributed by atoms with Crippen molar-refractivity contribution in [1.29, 1.82) is 0 Å². The fraction of sp³-hybridized carbons (Fsp3) is 0.308. The molecule has 0 spiro atoms. The van der Waals surface area contributed by atoms with Crippen LogP contribution in [0.25, 0.3) is 12.2 Å². The van der Waals surface area contributed by atoms with E-state index >= 15 is 0 Å². The predicted octanol–water partition coefficient (Wildman–Crippen LogP) is 1.69. The molecule has 1 aliphatic heterocycles. The first-order valence-electron chi connectivity index (χ1n) is 5.30. The van der Waals surface area contributed by atoms with Crippen molar-refractivity contribution in [1.82, 2.24) is 0 Å². The Bertz CT molecular complexity index is 509. The van der Waals surface area contributed by atoms with Crippen molar-refractivity contribution >= 4 is 24.1 Å². The van der Waals surface area contributed by atoms with E-state index in [9.17, 15) is 0 Å². The maximum atomic E-state index is 4.42. The van der Waals surface area contributed by atoms with Gasteiger partial charge in [-0.15, -0.1) is 0 Å². The molecule has 1 heterocycles. The maximum absolute atomic E-state index is 4.42. The van der Waals surface area contributed by atoms with Crippen LogP contribution in [0, 0.1) is 0 Å². The van der Waals surface area contributed by atoms with Crippen LogP contribution >= 0.6 is 0 Å². The maximum Gasteiger partial charge on any atom is 0.0701 e. The molecule has 2 aliphatic rings. The Balaban J connectivity index is 2.41. The average molecular weight is 183 g/mol. The second-order valence-electron chi connectivity index (χ2n) is 3.92. The molecule has 1 aromatic rings. The summed E-state index contributed by atoms with van der Waals surface area (Å²) >= 11 is 0. The molecule has 14 heavy (non-hydrogen) atoms. The second kappa shape index (κ2) is 3.09. The minimum Gasteiger partial charge on any atom is -0.260 e. The lowest BCUT2D eigenvalue weighted by Crippen LogP contribution is -2.31. The highest BCUT2D eigenvalue weighted by Crippen LogP contribution is 2.11. The average Bonchev–Trinajstić information content (AvgIpc) is 2.29. The van der Waals surface area contributed by atoms with Crippen molar-refractivity contribution in [3.8, 4) is 0 Å². The van der Waals surface area contributed by atoms with Gasteiger partial charge in [-0.25, -0.2) is 0 Å². The van der Waals surface area contributed by atoms with Gasteiger partial charge in [0.25, 0.3) is 0 Å². The lowest BCUT2D eigenvalue weighted by atomic mass is 9.96. The van der Waals surface area contributed by atoms with Crippen LogP contribution in [0.5, 0.6) is 0 Å². The summed E-state index contributed by atoms with van der Waals surface area (Å²) < 4.78 is 0. The summed E-state index contributed by atoms with van der Waals surface area (Å²) in [5.74, 6) is 0. The van der Waals surface area contributed by atoms with Gasteiger partial charge in [0.2, 0.25) is 0 Å². The van der Waals surface area contributed by atoms with E-state index in [2.05, 4.69) is 29.3 Å². The van der Waals surface area contributed by atoms with Gasteiger partial charge in [-0.05, 0) is 36.1 Å². The molecule has 0 atom stereocenters. The molecule has 70 valence electrons. The van der Waals surface area contributed by atoms with E-state index in [4.69, 9.17) is 0 Å². The molecule has 0 unspecified atom stereocenters. The molecule has 0 radical (unpaired) electrons. The van der Waals surface area contributed by atoms with E-state index in [1.807, 2.05) is 6.21 Å². The van der Waals surface area contributed by atoms with Crippen molar-refractivity contribution in [3.63, 3.8) is 0 Å². The molecule has 0 aromatic heterocycles. The third-order valence-electron chi connectivity index (χ3n) is 3.01. The minimum absolute atomic E-state index is 0.983. The third-order valence-corrected chi connectivity index (χ3v) is 3.01. The lowest BCUT2D eigenvalue weighted by molar-refractivity contribution is 0.834. The highest BCUT2D eigenvalue weighted by molar-refractivity contribution is 5.73. The number of aliphatic imine (C=N–C) groups is 1. The third kappa shape index (κ3) is 1.12. The molecule has 3 rings (SSSR count). The second-order valence-corrected chi connectivity index (χ2v) is 3.92. The van der Waals surface area contributed by atoms with Gasteiger partial charge in [0.05, 0.1) is 5.69 Å². The quantitative estimate of drug-likeness (QED) is 0.580. The van der Waals surface area contributed by atoms with Crippen molar-refractivity contribution in [2.45, 2.75) is 25.7 Å². The Morgan fingerprint density at radius 2 is 2.07 bits per heavy atom. The Kier molecular flexibility index (Phi) is 1.76. The van der Waals surface area contributed by atoms with Crippen LogP contribution in [0.15, 0.2) is 17.1 Å². The Hall–Kier alpha value is -1.37. The number of benzene rings is 1. The van der Waals surface area contributed by atoms with Gasteiger partial charge in [-0.1, -0.05) is 18.2 Å². The number of hydrogen-bond acceptors (Lipinski definition) is 1. The van der Waals surface area contributed by atoms with Crippen molar-refractivity contribution in [3.05, 3.63) is 28.1 Å². The molecule has 1 aliphatic carbocycles. The van der Waals surface area contributed by atoms with Gasteiger partial charge in [0.15, 0.2) is 0 Å². The fourth-order valence-electron chi connectivity index (χ4n) is 2.32. The van der Waals surface area contributed by atoms with Gasteiger partial charge in [-0.3, -0.25) is 4.99 Å². The first-order chi connectivity index (χ1) is 6.95. The van der Waals surface area contributed by atoms with Gasteiger partial charge >= 0.3 is 0 Å². The largest absolute Gasteiger partial charge is 0.260 e. The monoisotopic (exact) mass is 183 g/mol. The normalized spacial score (nSPS) is 17.7. The highest BCUT2D eigenvalue weighted by atomic mass is 14.7. The van der Waals surface area contributed by atoms with Crippen LogP contribution in [-0.4, -0.2) is 6.21 Å². The molecule has 0 bridgehead atoms. The highest BCUT2D eigenvalue weighted by Gasteiger charge is 2.06. The van der Waals surface area contributed by atoms with Gasteiger partial charge in [0.1, 0.15) is 0 Å². The van der Waals surface area contributed by atoms with Crippen LogP contribution in [0.3, 0.4) is 0 Å². The van der Waals surface area contributed by atoms with Crippen LogP contribution in [0.4, 0.5) is 5.69 Å². The van der Waals surface area contributed by atoms with Crippen molar-refractivity contribution in [2.75, 3.05) is 0 Å². The van der Waals surface area contributed by atoms with Crippen molar-refractivity contribution < 1.29 is 0 Å². The zero-order valence-electron chi connectivity index (χ0n) is 8.16. The molecule has 0 fully saturated rings. The SMILES string of the molecule is C1=Nc2ccc3c(c2=CC1)=CCCC3. The van der Waals surface area contributed by atoms with E-state index in [1.54, 1.807) is 0 Å². The molecular formula is C13H13N. The zero-order valence-corrected chi connectivity index (χ0v) is 8.16. The Morgan fingerprint density at radius 3 is 3.07 bits per heavy atom. The van der Waals surface area contributed by atoms with Crippen LogP contribution < -0.4 is 10.4 Å². The molecule has 1 aromatic carbocycles. The Morgan fingerprint density at radius 1 is 1.07 bits per heavy atom. The summed E-state index contributed by atoms with van der Waals surface area (Å²) in [4.78, 5) is 4.42. The number of rotatable bonds is 0. The van der Waals surface area contributed by atoms with Gasteiger partial charge in [0, 0.05) is 17.9 Å². The predicted molar refractivity (Wildman–Crippen MR) is 60.3 cm³/mol. The van der Waals surface area contributed by atoms with Gasteiger partial charge in [-0.2, -0.15) is 0 Å². The smallest absolute Gasteiger partial charge is 0.0701 e. The van der Waals surface area contributed by atoms with E-state index in [0.717, 1.165) is 12.1 Å². The fourth-order valence-corrected chi connectivity index (χ4v) is 2.32. The van der Waals surface area contributed by atoms with E-state index in [0.29, 0.717) is 0 Å². The summed E-state index contributed by atoms with van der Waals surface area (Å²) in [6.45, 7) is 0. The van der Waals surface area contributed by atoms with Gasteiger partial charge < -0.3 is 0 Å². The number of aryl methyl sites for hydroxylation is 1. The summed E-state index contributed by atoms with van der Waals surface area (Å²) in [5.41, 5.74) is 2.65. The number of nitrogens with zero attached hydrogens (tertiary/aromatic N) is 1. The number of hydrogen-bond donors (Lipinski definition) is 0. The van der Waals surface area contributed by atoms with Crippen LogP contribution in [0.2, 0.25) is 0 Å². The molecule has 0 saturated carbocycles. The first-order valence-corrected chi connectivity index (χ1v) is 5.30. The molecule has 1 nitrogen and oxygen atoms in total. The Labute approximate surface area is 83.5 Å². The molecule has 1 heteroatoms. The summed E-state index contributed by atoms with van der Waals surface area (Å²) in [7, 11) is 0. The van der Waals surface area contributed by atoms with Crippen LogP contribution in [0.1, 0.15) is 24.8 Å². The van der Waals surface area contributed by atoms with E-state index in [1.165, 1.54) is 35.3 Å². The topological polar surface area (TPSA) is 12.4 Å². The lowest BCUT2D eigenvalue weighted by Gasteiger charge is -2.11. The molecule has 0 N–H and O–H groups in total.